The summed E-state index contributed by atoms with van der Waals surface area (Å²) in [6.07, 6.45) is 3.46. The van der Waals surface area contributed by atoms with E-state index in [4.69, 9.17) is 4.42 Å². The quantitative estimate of drug-likeness (QED) is 0.674. The monoisotopic (exact) mass is 162 g/mol. The van der Waals surface area contributed by atoms with Crippen LogP contribution < -0.4 is 0 Å². The van der Waals surface area contributed by atoms with Crippen LogP contribution >= 0.6 is 0 Å². The van der Waals surface area contributed by atoms with Gasteiger partial charge >= 0.3 is 0 Å². The lowest BCUT2D eigenvalue weighted by atomic mass is 10.4. The summed E-state index contributed by atoms with van der Waals surface area (Å²) in [6, 6.07) is 5.80. The van der Waals surface area contributed by atoms with Crippen LogP contribution in [0.5, 0.6) is 0 Å². The van der Waals surface area contributed by atoms with Gasteiger partial charge in [0.15, 0.2) is 0 Å². The minimum atomic E-state index is 0.714. The Kier molecular flexibility index (Phi) is 1.70. The zero-order valence-electron chi connectivity index (χ0n) is 6.90. The van der Waals surface area contributed by atoms with Crippen molar-refractivity contribution in [2.75, 3.05) is 0 Å². The Morgan fingerprint density at radius 3 is 3.00 bits per heavy atom. The van der Waals surface area contributed by atoms with Gasteiger partial charge in [0.2, 0.25) is 0 Å². The van der Waals surface area contributed by atoms with Gasteiger partial charge in [0, 0.05) is 11.9 Å². The van der Waals surface area contributed by atoms with Gasteiger partial charge < -0.3 is 4.42 Å². The average Bonchev–Trinajstić information content (AvgIpc) is 2.65. The van der Waals surface area contributed by atoms with Gasteiger partial charge in [0.25, 0.3) is 0 Å². The van der Waals surface area contributed by atoms with E-state index in [1.807, 2.05) is 29.8 Å². The molecular formula is C9H10N2O. The van der Waals surface area contributed by atoms with Crippen LogP contribution in [0.15, 0.2) is 35.1 Å². The number of aromatic nitrogens is 2. The summed E-state index contributed by atoms with van der Waals surface area (Å²) in [5, 5.41) is 4.15. The van der Waals surface area contributed by atoms with E-state index in [0.717, 1.165) is 11.5 Å². The highest BCUT2D eigenvalue weighted by molar-refractivity contribution is 5.03. The molecule has 0 N–H and O–H groups in total. The van der Waals surface area contributed by atoms with Crippen LogP contribution in [0, 0.1) is 6.92 Å². The van der Waals surface area contributed by atoms with Crippen LogP contribution in [-0.2, 0) is 6.54 Å². The first-order valence-electron chi connectivity index (χ1n) is 3.87. The molecule has 0 aromatic carbocycles. The molecule has 0 atom stereocenters. The number of aryl methyl sites for hydroxylation is 1. The Labute approximate surface area is 70.6 Å². The molecule has 0 aliphatic heterocycles. The van der Waals surface area contributed by atoms with Crippen molar-refractivity contribution < 1.29 is 4.42 Å². The second-order valence-electron chi connectivity index (χ2n) is 2.71. The molecule has 0 aliphatic carbocycles. The first-order chi connectivity index (χ1) is 5.86. The maximum Gasteiger partial charge on any atom is 0.125 e. The third-order valence-corrected chi connectivity index (χ3v) is 1.81. The van der Waals surface area contributed by atoms with E-state index in [9.17, 15) is 0 Å². The van der Waals surface area contributed by atoms with Crippen molar-refractivity contribution in [3.8, 4) is 0 Å². The summed E-state index contributed by atoms with van der Waals surface area (Å²) in [4.78, 5) is 0. The Morgan fingerprint density at radius 2 is 2.42 bits per heavy atom. The van der Waals surface area contributed by atoms with E-state index in [2.05, 4.69) is 5.10 Å². The van der Waals surface area contributed by atoms with Gasteiger partial charge in [-0.1, -0.05) is 0 Å². The summed E-state index contributed by atoms with van der Waals surface area (Å²) in [5.41, 5.74) is 1.14. The maximum absolute atomic E-state index is 5.20. The van der Waals surface area contributed by atoms with Gasteiger partial charge in [0.1, 0.15) is 5.76 Å². The molecule has 0 unspecified atom stereocenters. The van der Waals surface area contributed by atoms with Crippen LogP contribution in [0.25, 0.3) is 0 Å². The van der Waals surface area contributed by atoms with Crippen molar-refractivity contribution in [1.29, 1.82) is 0 Å². The Balaban J connectivity index is 2.20. The predicted octanol–water partition coefficient (Wildman–Crippen LogP) is 1.83. The van der Waals surface area contributed by atoms with Gasteiger partial charge in [-0.3, -0.25) is 4.68 Å². The minimum Gasteiger partial charge on any atom is -0.467 e. The van der Waals surface area contributed by atoms with Crippen molar-refractivity contribution >= 4 is 0 Å². The number of nitrogens with zero attached hydrogens (tertiary/aromatic N) is 2. The zero-order chi connectivity index (χ0) is 8.39. The first-order valence-corrected chi connectivity index (χ1v) is 3.87. The molecule has 12 heavy (non-hydrogen) atoms. The number of rotatable bonds is 2. The van der Waals surface area contributed by atoms with Crippen LogP contribution in [0.4, 0.5) is 0 Å². The van der Waals surface area contributed by atoms with E-state index < -0.39 is 0 Å². The van der Waals surface area contributed by atoms with Crippen molar-refractivity contribution in [3.05, 3.63) is 42.1 Å². The van der Waals surface area contributed by atoms with Gasteiger partial charge in [-0.2, -0.15) is 5.10 Å². The summed E-state index contributed by atoms with van der Waals surface area (Å²) >= 11 is 0. The van der Waals surface area contributed by atoms with Gasteiger partial charge in [-0.25, -0.2) is 0 Å². The molecule has 2 aromatic rings. The van der Waals surface area contributed by atoms with Crippen molar-refractivity contribution in [1.82, 2.24) is 9.78 Å². The smallest absolute Gasteiger partial charge is 0.125 e. The standard InChI is InChI=1S/C9H10N2O/c1-8-4-5-10-11(8)7-9-3-2-6-12-9/h2-6H,7H2,1H3. The lowest BCUT2D eigenvalue weighted by Crippen LogP contribution is -2.01. The SMILES string of the molecule is Cc1ccnn1Cc1ccco1. The predicted molar refractivity (Wildman–Crippen MR) is 44.8 cm³/mol. The van der Waals surface area contributed by atoms with E-state index in [0.29, 0.717) is 6.54 Å². The fourth-order valence-corrected chi connectivity index (χ4v) is 1.11. The molecule has 0 aliphatic rings. The molecule has 3 heteroatoms. The topological polar surface area (TPSA) is 31.0 Å². The fraction of sp³-hybridized carbons (Fsp3) is 0.222. The van der Waals surface area contributed by atoms with Crippen molar-refractivity contribution in [2.24, 2.45) is 0 Å². The molecule has 0 radical (unpaired) electrons. The molecule has 62 valence electrons. The van der Waals surface area contributed by atoms with Crippen LogP contribution in [0.3, 0.4) is 0 Å². The molecule has 3 nitrogen and oxygen atoms in total. The highest BCUT2D eigenvalue weighted by Crippen LogP contribution is 2.04. The molecule has 2 rings (SSSR count). The minimum absolute atomic E-state index is 0.714. The van der Waals surface area contributed by atoms with Gasteiger partial charge in [-0.15, -0.1) is 0 Å². The second-order valence-corrected chi connectivity index (χ2v) is 2.71. The number of hydrogen-bond donors (Lipinski definition) is 0. The van der Waals surface area contributed by atoms with Crippen LogP contribution in [0.2, 0.25) is 0 Å². The zero-order valence-corrected chi connectivity index (χ0v) is 6.90. The molecular weight excluding hydrogens is 152 g/mol. The van der Waals surface area contributed by atoms with E-state index >= 15 is 0 Å². The molecule has 2 aromatic heterocycles. The summed E-state index contributed by atoms with van der Waals surface area (Å²) < 4.78 is 7.10. The van der Waals surface area contributed by atoms with Crippen LogP contribution in [0.1, 0.15) is 11.5 Å². The van der Waals surface area contributed by atoms with Gasteiger partial charge in [0.05, 0.1) is 12.8 Å². The molecule has 0 saturated heterocycles. The summed E-state index contributed by atoms with van der Waals surface area (Å²) in [5.74, 6) is 0.932. The van der Waals surface area contributed by atoms with E-state index in [1.165, 1.54) is 0 Å². The normalized spacial score (nSPS) is 10.4. The van der Waals surface area contributed by atoms with Crippen LogP contribution in [-0.4, -0.2) is 9.78 Å². The lowest BCUT2D eigenvalue weighted by molar-refractivity contribution is 0.476. The largest absolute Gasteiger partial charge is 0.467 e. The first kappa shape index (κ1) is 7.16. The third kappa shape index (κ3) is 1.25. The van der Waals surface area contributed by atoms with E-state index in [1.54, 1.807) is 12.5 Å². The third-order valence-electron chi connectivity index (χ3n) is 1.81. The van der Waals surface area contributed by atoms with Crippen molar-refractivity contribution in [2.45, 2.75) is 13.5 Å². The Bertz CT molecular complexity index is 348. The highest BCUT2D eigenvalue weighted by Gasteiger charge is 1.99. The Hall–Kier alpha value is -1.51. The highest BCUT2D eigenvalue weighted by atomic mass is 16.3. The van der Waals surface area contributed by atoms with Gasteiger partial charge in [-0.05, 0) is 25.1 Å². The van der Waals surface area contributed by atoms with E-state index in [-0.39, 0.29) is 0 Å². The number of hydrogen-bond acceptors (Lipinski definition) is 2. The molecule has 0 fully saturated rings. The molecule has 0 spiro atoms. The second kappa shape index (κ2) is 2.85. The average molecular weight is 162 g/mol. The summed E-state index contributed by atoms with van der Waals surface area (Å²) in [6.45, 7) is 2.74. The Morgan fingerprint density at radius 1 is 1.50 bits per heavy atom. The lowest BCUT2D eigenvalue weighted by Gasteiger charge is -1.99. The summed E-state index contributed by atoms with van der Waals surface area (Å²) in [7, 11) is 0. The maximum atomic E-state index is 5.20. The van der Waals surface area contributed by atoms with Crippen molar-refractivity contribution in [3.63, 3.8) is 0 Å². The molecule has 0 bridgehead atoms. The molecule has 0 saturated carbocycles. The number of furan rings is 1. The fourth-order valence-electron chi connectivity index (χ4n) is 1.11. The molecule has 2 heterocycles. The molecule has 0 amide bonds.